The molecule has 1 aromatic rings. The number of aromatic nitrogens is 1. The van der Waals surface area contributed by atoms with E-state index in [9.17, 15) is 0 Å². The molecule has 0 bridgehead atoms. The summed E-state index contributed by atoms with van der Waals surface area (Å²) in [5, 5.41) is 0. The van der Waals surface area contributed by atoms with E-state index in [1.165, 1.54) is 36.9 Å². The molecule has 0 spiro atoms. The largest absolute Gasteiger partial charge is 0.365 e. The summed E-state index contributed by atoms with van der Waals surface area (Å²) in [5.41, 5.74) is 8.51. The molecular formula is C10H16N2. The summed E-state index contributed by atoms with van der Waals surface area (Å²) < 4.78 is 0. The average Bonchev–Trinajstić information content (AvgIpc) is 2.51. The van der Waals surface area contributed by atoms with Crippen molar-refractivity contribution in [1.29, 1.82) is 0 Å². The number of rotatable bonds is 2. The number of H-pyrrole nitrogens is 1. The normalized spacial score (nSPS) is 22.2. The molecule has 66 valence electrons. The fourth-order valence-corrected chi connectivity index (χ4v) is 2.09. The molecule has 1 atom stereocenters. The first kappa shape index (κ1) is 7.87. The van der Waals surface area contributed by atoms with Gasteiger partial charge in [0.15, 0.2) is 0 Å². The van der Waals surface area contributed by atoms with Crippen LogP contribution >= 0.6 is 0 Å². The molecule has 0 aromatic carbocycles. The zero-order valence-electron chi connectivity index (χ0n) is 7.34. The van der Waals surface area contributed by atoms with Crippen molar-refractivity contribution in [2.75, 3.05) is 6.54 Å². The lowest BCUT2D eigenvalue weighted by atomic mass is 9.86. The summed E-state index contributed by atoms with van der Waals surface area (Å²) in [6, 6.07) is 2.20. The molecule has 0 radical (unpaired) electrons. The van der Waals surface area contributed by atoms with Crippen molar-refractivity contribution in [2.45, 2.75) is 25.7 Å². The van der Waals surface area contributed by atoms with Gasteiger partial charge in [-0.3, -0.25) is 0 Å². The summed E-state index contributed by atoms with van der Waals surface area (Å²) in [7, 11) is 0. The van der Waals surface area contributed by atoms with E-state index in [2.05, 4.69) is 17.2 Å². The van der Waals surface area contributed by atoms with Crippen LogP contribution in [0.25, 0.3) is 0 Å². The van der Waals surface area contributed by atoms with Crippen LogP contribution in [0.5, 0.6) is 0 Å². The van der Waals surface area contributed by atoms with E-state index in [0.717, 1.165) is 12.5 Å². The number of nitrogens with two attached hydrogens (primary N) is 1. The van der Waals surface area contributed by atoms with Crippen molar-refractivity contribution < 1.29 is 0 Å². The maximum Gasteiger partial charge on any atom is 0.0182 e. The van der Waals surface area contributed by atoms with Gasteiger partial charge in [-0.25, -0.2) is 0 Å². The van der Waals surface area contributed by atoms with Crippen molar-refractivity contribution in [1.82, 2.24) is 4.98 Å². The minimum Gasteiger partial charge on any atom is -0.365 e. The standard InChI is InChI=1S/C10H16N2/c11-5-3-8-1-2-9-4-6-12-10(9)7-8/h4,6,8,12H,1-3,5,7,11H2. The Bertz CT molecular complexity index is 252. The van der Waals surface area contributed by atoms with Crippen molar-refractivity contribution >= 4 is 0 Å². The van der Waals surface area contributed by atoms with Gasteiger partial charge in [0.05, 0.1) is 0 Å². The van der Waals surface area contributed by atoms with Crippen LogP contribution in [0, 0.1) is 5.92 Å². The second-order valence-electron chi connectivity index (χ2n) is 3.67. The second kappa shape index (κ2) is 3.31. The fourth-order valence-electron chi connectivity index (χ4n) is 2.09. The smallest absolute Gasteiger partial charge is 0.0182 e. The Morgan fingerprint density at radius 3 is 3.33 bits per heavy atom. The molecule has 2 rings (SSSR count). The third-order valence-electron chi connectivity index (χ3n) is 2.82. The maximum atomic E-state index is 5.54. The first-order chi connectivity index (χ1) is 5.90. The lowest BCUT2D eigenvalue weighted by Gasteiger charge is -2.21. The van der Waals surface area contributed by atoms with Crippen LogP contribution in [-0.2, 0) is 12.8 Å². The molecule has 0 fully saturated rings. The van der Waals surface area contributed by atoms with E-state index in [4.69, 9.17) is 5.73 Å². The van der Waals surface area contributed by atoms with Crippen LogP contribution in [0.3, 0.4) is 0 Å². The van der Waals surface area contributed by atoms with Gasteiger partial charge in [0, 0.05) is 11.9 Å². The molecule has 0 saturated heterocycles. The SMILES string of the molecule is NCCC1CCc2cc[nH]c2C1. The number of aryl methyl sites for hydroxylation is 1. The van der Waals surface area contributed by atoms with Crippen LogP contribution in [0.15, 0.2) is 12.3 Å². The maximum absolute atomic E-state index is 5.54. The van der Waals surface area contributed by atoms with Gasteiger partial charge in [-0.1, -0.05) is 0 Å². The van der Waals surface area contributed by atoms with Gasteiger partial charge < -0.3 is 10.7 Å². The lowest BCUT2D eigenvalue weighted by molar-refractivity contribution is 0.429. The Balaban J connectivity index is 2.05. The number of hydrogen-bond donors (Lipinski definition) is 2. The Morgan fingerprint density at radius 1 is 1.58 bits per heavy atom. The molecule has 1 aromatic heterocycles. The third-order valence-corrected chi connectivity index (χ3v) is 2.82. The number of nitrogens with one attached hydrogen (secondary N) is 1. The van der Waals surface area contributed by atoms with Gasteiger partial charge in [0.1, 0.15) is 0 Å². The first-order valence-corrected chi connectivity index (χ1v) is 4.75. The van der Waals surface area contributed by atoms with Crippen molar-refractivity contribution in [3.8, 4) is 0 Å². The highest BCUT2D eigenvalue weighted by molar-refractivity contribution is 5.23. The Morgan fingerprint density at radius 2 is 2.50 bits per heavy atom. The predicted octanol–water partition coefficient (Wildman–Crippen LogP) is 1.47. The monoisotopic (exact) mass is 164 g/mol. The first-order valence-electron chi connectivity index (χ1n) is 4.75. The minimum atomic E-state index is 0.821. The van der Waals surface area contributed by atoms with E-state index in [1.807, 2.05) is 0 Å². The molecule has 0 amide bonds. The van der Waals surface area contributed by atoms with E-state index in [0.29, 0.717) is 0 Å². The second-order valence-corrected chi connectivity index (χ2v) is 3.67. The van der Waals surface area contributed by atoms with Crippen LogP contribution < -0.4 is 5.73 Å². The number of aromatic amines is 1. The zero-order chi connectivity index (χ0) is 8.39. The molecule has 12 heavy (non-hydrogen) atoms. The quantitative estimate of drug-likeness (QED) is 0.683. The molecule has 3 N–H and O–H groups in total. The van der Waals surface area contributed by atoms with Crippen LogP contribution in [0.1, 0.15) is 24.1 Å². The summed E-state index contributed by atoms with van der Waals surface area (Å²) in [4.78, 5) is 3.31. The van der Waals surface area contributed by atoms with Gasteiger partial charge >= 0.3 is 0 Å². The molecule has 0 saturated carbocycles. The van der Waals surface area contributed by atoms with Crippen molar-refractivity contribution in [3.63, 3.8) is 0 Å². The highest BCUT2D eigenvalue weighted by Gasteiger charge is 2.18. The molecule has 2 nitrogen and oxygen atoms in total. The topological polar surface area (TPSA) is 41.8 Å². The van der Waals surface area contributed by atoms with E-state index in [1.54, 1.807) is 0 Å². The summed E-state index contributed by atoms with van der Waals surface area (Å²) in [6.45, 7) is 0.834. The van der Waals surface area contributed by atoms with Gasteiger partial charge in [-0.05, 0) is 49.8 Å². The van der Waals surface area contributed by atoms with Gasteiger partial charge in [-0.15, -0.1) is 0 Å². The molecule has 2 heteroatoms. The molecule has 1 heterocycles. The van der Waals surface area contributed by atoms with E-state index < -0.39 is 0 Å². The number of fused-ring (bicyclic) bond motifs is 1. The van der Waals surface area contributed by atoms with Crippen molar-refractivity contribution in [3.05, 3.63) is 23.5 Å². The van der Waals surface area contributed by atoms with Gasteiger partial charge in [0.25, 0.3) is 0 Å². The summed E-state index contributed by atoms with van der Waals surface area (Å²) >= 11 is 0. The molecule has 0 aliphatic heterocycles. The molecule has 1 unspecified atom stereocenters. The van der Waals surface area contributed by atoms with E-state index >= 15 is 0 Å². The lowest BCUT2D eigenvalue weighted by Crippen LogP contribution is -2.17. The average molecular weight is 164 g/mol. The Kier molecular flexibility index (Phi) is 2.17. The van der Waals surface area contributed by atoms with Crippen molar-refractivity contribution in [2.24, 2.45) is 11.7 Å². The summed E-state index contributed by atoms with van der Waals surface area (Å²) in [5.74, 6) is 0.821. The predicted molar refractivity (Wildman–Crippen MR) is 50.0 cm³/mol. The highest BCUT2D eigenvalue weighted by Crippen LogP contribution is 2.25. The van der Waals surface area contributed by atoms with Gasteiger partial charge in [-0.2, -0.15) is 0 Å². The van der Waals surface area contributed by atoms with Crippen LogP contribution in [-0.4, -0.2) is 11.5 Å². The fraction of sp³-hybridized carbons (Fsp3) is 0.600. The van der Waals surface area contributed by atoms with Crippen LogP contribution in [0.4, 0.5) is 0 Å². The van der Waals surface area contributed by atoms with E-state index in [-0.39, 0.29) is 0 Å². The number of hydrogen-bond acceptors (Lipinski definition) is 1. The Labute approximate surface area is 73.2 Å². The molecule has 1 aliphatic carbocycles. The zero-order valence-corrected chi connectivity index (χ0v) is 7.34. The Hall–Kier alpha value is -0.760. The van der Waals surface area contributed by atoms with Crippen LogP contribution in [0.2, 0.25) is 0 Å². The molecule has 1 aliphatic rings. The molecular weight excluding hydrogens is 148 g/mol. The summed E-state index contributed by atoms with van der Waals surface area (Å²) in [6.07, 6.45) is 7.00. The minimum absolute atomic E-state index is 0.821. The van der Waals surface area contributed by atoms with Gasteiger partial charge in [0.2, 0.25) is 0 Å². The third kappa shape index (κ3) is 1.39. The highest BCUT2D eigenvalue weighted by atomic mass is 14.7.